The molecule has 0 saturated carbocycles. The van der Waals surface area contributed by atoms with Crippen molar-refractivity contribution in [2.75, 3.05) is 0 Å². The molecule has 0 saturated heterocycles. The molecule has 3 rings (SSSR count). The van der Waals surface area contributed by atoms with Crippen LogP contribution < -0.4 is 0 Å². The minimum absolute atomic E-state index is 0.299. The highest BCUT2D eigenvalue weighted by Crippen LogP contribution is 2.30. The summed E-state index contributed by atoms with van der Waals surface area (Å²) < 4.78 is 14.9. The number of para-hydroxylation sites is 1. The minimum Gasteiger partial charge on any atom is -0.385 e. The first-order chi connectivity index (χ1) is 9.56. The highest BCUT2D eigenvalue weighted by Gasteiger charge is 2.28. The molecule has 1 N–H and O–H groups in total. The summed E-state index contributed by atoms with van der Waals surface area (Å²) in [5.41, 5.74) is -0.0461. The Morgan fingerprint density at radius 2 is 1.85 bits per heavy atom. The molecule has 0 aliphatic heterocycles. The van der Waals surface area contributed by atoms with Gasteiger partial charge in [0.25, 0.3) is 0 Å². The van der Waals surface area contributed by atoms with Crippen LogP contribution in [-0.4, -0.2) is 10.1 Å². The van der Waals surface area contributed by atoms with E-state index in [2.05, 4.69) is 4.98 Å². The van der Waals surface area contributed by atoms with E-state index in [9.17, 15) is 9.50 Å². The lowest BCUT2D eigenvalue weighted by molar-refractivity contribution is 0.0538. The normalized spacial score (nSPS) is 14.3. The number of halogens is 1. The number of thiazole rings is 1. The quantitative estimate of drug-likeness (QED) is 0.793. The number of nitrogens with zero attached hydrogens (tertiary/aromatic N) is 1. The molecule has 1 atom stereocenters. The molecule has 1 aromatic heterocycles. The molecule has 4 heteroatoms. The van der Waals surface area contributed by atoms with E-state index in [0.717, 1.165) is 15.2 Å². The Hall–Kier alpha value is -1.78. The third kappa shape index (κ3) is 2.44. The fourth-order valence-electron chi connectivity index (χ4n) is 2.28. The lowest BCUT2D eigenvalue weighted by atomic mass is 9.92. The first-order valence-electron chi connectivity index (χ1n) is 6.38. The number of aromatic nitrogens is 1. The van der Waals surface area contributed by atoms with Gasteiger partial charge in [-0.3, -0.25) is 0 Å². The van der Waals surface area contributed by atoms with E-state index in [1.807, 2.05) is 24.3 Å². The molecular formula is C16H14FNOS. The monoisotopic (exact) mass is 287 g/mol. The van der Waals surface area contributed by atoms with E-state index in [4.69, 9.17) is 0 Å². The highest BCUT2D eigenvalue weighted by molar-refractivity contribution is 7.18. The summed E-state index contributed by atoms with van der Waals surface area (Å²) in [7, 11) is 0. The Labute approximate surface area is 120 Å². The highest BCUT2D eigenvalue weighted by atomic mass is 32.1. The van der Waals surface area contributed by atoms with Crippen molar-refractivity contribution in [1.82, 2.24) is 4.98 Å². The van der Waals surface area contributed by atoms with Gasteiger partial charge in [0.15, 0.2) is 0 Å². The Morgan fingerprint density at radius 1 is 1.15 bits per heavy atom. The van der Waals surface area contributed by atoms with Gasteiger partial charge in [0.1, 0.15) is 5.82 Å². The predicted molar refractivity (Wildman–Crippen MR) is 79.3 cm³/mol. The Morgan fingerprint density at radius 3 is 2.60 bits per heavy atom. The summed E-state index contributed by atoms with van der Waals surface area (Å²) in [6.45, 7) is 1.62. The van der Waals surface area contributed by atoms with Crippen LogP contribution in [0, 0.1) is 5.82 Å². The second-order valence-corrected chi connectivity index (χ2v) is 6.12. The maximum atomic E-state index is 13.8. The third-order valence-electron chi connectivity index (χ3n) is 3.29. The zero-order valence-corrected chi connectivity index (χ0v) is 11.8. The molecule has 1 unspecified atom stereocenters. The molecule has 0 fully saturated rings. The van der Waals surface area contributed by atoms with Crippen LogP contribution in [0.15, 0.2) is 48.5 Å². The number of hydrogen-bond acceptors (Lipinski definition) is 3. The van der Waals surface area contributed by atoms with Gasteiger partial charge in [0.05, 0.1) is 20.8 Å². The summed E-state index contributed by atoms with van der Waals surface area (Å²) in [4.78, 5) is 4.49. The zero-order chi connectivity index (χ0) is 14.2. The number of rotatable bonds is 3. The molecule has 102 valence electrons. The van der Waals surface area contributed by atoms with Gasteiger partial charge in [-0.05, 0) is 25.1 Å². The van der Waals surface area contributed by atoms with Crippen LogP contribution in [0.1, 0.15) is 17.5 Å². The maximum absolute atomic E-state index is 13.8. The topological polar surface area (TPSA) is 33.1 Å². The number of hydrogen-bond donors (Lipinski definition) is 1. The van der Waals surface area contributed by atoms with Crippen molar-refractivity contribution in [1.29, 1.82) is 0 Å². The van der Waals surface area contributed by atoms with Crippen molar-refractivity contribution in [3.8, 4) is 0 Å². The summed E-state index contributed by atoms with van der Waals surface area (Å²) in [6.07, 6.45) is 0.299. The predicted octanol–water partition coefficient (Wildman–Crippen LogP) is 3.89. The molecule has 1 heterocycles. The first-order valence-corrected chi connectivity index (χ1v) is 7.20. The molecule has 0 spiro atoms. The van der Waals surface area contributed by atoms with Gasteiger partial charge in [-0.25, -0.2) is 9.37 Å². The Bertz CT molecular complexity index is 718. The number of aliphatic hydroxyl groups is 1. The van der Waals surface area contributed by atoms with Crippen molar-refractivity contribution in [3.63, 3.8) is 0 Å². The smallest absolute Gasteiger partial charge is 0.129 e. The van der Waals surface area contributed by atoms with Crippen LogP contribution in [0.25, 0.3) is 10.2 Å². The molecular weight excluding hydrogens is 273 g/mol. The van der Waals surface area contributed by atoms with Crippen LogP contribution in [0.4, 0.5) is 4.39 Å². The van der Waals surface area contributed by atoms with Crippen LogP contribution in [0.5, 0.6) is 0 Å². The summed E-state index contributed by atoms with van der Waals surface area (Å²) in [6, 6.07) is 14.1. The van der Waals surface area contributed by atoms with E-state index in [1.165, 1.54) is 17.4 Å². The van der Waals surface area contributed by atoms with Gasteiger partial charge < -0.3 is 5.11 Å². The molecule has 2 aromatic carbocycles. The van der Waals surface area contributed by atoms with Crippen molar-refractivity contribution >= 4 is 21.6 Å². The van der Waals surface area contributed by atoms with E-state index in [-0.39, 0.29) is 0 Å². The van der Waals surface area contributed by atoms with Crippen molar-refractivity contribution < 1.29 is 9.50 Å². The van der Waals surface area contributed by atoms with Crippen LogP contribution in [-0.2, 0) is 12.0 Å². The molecule has 3 aromatic rings. The summed E-state index contributed by atoms with van der Waals surface area (Å²) in [5.74, 6) is -0.390. The van der Waals surface area contributed by atoms with E-state index in [1.54, 1.807) is 25.1 Å². The molecule has 0 amide bonds. The second kappa shape index (κ2) is 4.96. The Balaban J connectivity index is 1.95. The Kier molecular flexibility index (Phi) is 3.28. The summed E-state index contributed by atoms with van der Waals surface area (Å²) in [5, 5.41) is 11.4. The van der Waals surface area contributed by atoms with Crippen molar-refractivity contribution in [2.24, 2.45) is 0 Å². The summed E-state index contributed by atoms with van der Waals surface area (Å²) >= 11 is 1.53. The first kappa shape index (κ1) is 13.2. The molecule has 0 aliphatic rings. The average Bonchev–Trinajstić information content (AvgIpc) is 2.80. The lowest BCUT2D eigenvalue weighted by Gasteiger charge is -2.23. The van der Waals surface area contributed by atoms with E-state index < -0.39 is 11.4 Å². The molecule has 20 heavy (non-hydrogen) atoms. The maximum Gasteiger partial charge on any atom is 0.129 e. The minimum atomic E-state index is -1.26. The van der Waals surface area contributed by atoms with Gasteiger partial charge in [0, 0.05) is 12.0 Å². The number of benzene rings is 2. The molecule has 0 bridgehead atoms. The van der Waals surface area contributed by atoms with Gasteiger partial charge in [-0.15, -0.1) is 11.3 Å². The van der Waals surface area contributed by atoms with Crippen LogP contribution in [0.3, 0.4) is 0 Å². The fourth-order valence-corrected chi connectivity index (χ4v) is 3.40. The van der Waals surface area contributed by atoms with Crippen LogP contribution in [0.2, 0.25) is 0 Å². The second-order valence-electron chi connectivity index (χ2n) is 5.01. The number of fused-ring (bicyclic) bond motifs is 1. The lowest BCUT2D eigenvalue weighted by Crippen LogP contribution is -2.25. The van der Waals surface area contributed by atoms with Gasteiger partial charge in [-0.2, -0.15) is 0 Å². The SMILES string of the molecule is CC(O)(Cc1nc2ccccc2s1)c1ccccc1F. The van der Waals surface area contributed by atoms with Gasteiger partial charge >= 0.3 is 0 Å². The fraction of sp³-hybridized carbons (Fsp3) is 0.188. The molecule has 0 radical (unpaired) electrons. The van der Waals surface area contributed by atoms with Gasteiger partial charge in [-0.1, -0.05) is 30.3 Å². The molecule has 2 nitrogen and oxygen atoms in total. The van der Waals surface area contributed by atoms with Crippen molar-refractivity contribution in [2.45, 2.75) is 18.9 Å². The third-order valence-corrected chi connectivity index (χ3v) is 4.32. The standard InChI is InChI=1S/C16H14FNOS/c1-16(19,11-6-2-3-7-12(11)17)10-15-18-13-8-4-5-9-14(13)20-15/h2-9,19H,10H2,1H3. The van der Waals surface area contributed by atoms with E-state index in [0.29, 0.717) is 12.0 Å². The van der Waals surface area contributed by atoms with Gasteiger partial charge in [0.2, 0.25) is 0 Å². The average molecular weight is 287 g/mol. The largest absolute Gasteiger partial charge is 0.385 e. The molecule has 0 aliphatic carbocycles. The zero-order valence-electron chi connectivity index (χ0n) is 11.0. The van der Waals surface area contributed by atoms with Crippen LogP contribution >= 0.6 is 11.3 Å². The van der Waals surface area contributed by atoms with E-state index >= 15 is 0 Å². The van der Waals surface area contributed by atoms with Crippen molar-refractivity contribution in [3.05, 3.63) is 64.9 Å².